The highest BCUT2D eigenvalue weighted by Crippen LogP contribution is 2.42. The molecule has 2 aliphatic heterocycles. The summed E-state index contributed by atoms with van der Waals surface area (Å²) in [7, 11) is -1.41. The number of amides is 1. The molecule has 1 spiro atoms. The van der Waals surface area contributed by atoms with Crippen LogP contribution >= 0.6 is 0 Å². The minimum absolute atomic E-state index is 0.0318. The van der Waals surface area contributed by atoms with Crippen molar-refractivity contribution in [2.45, 2.75) is 19.8 Å². The van der Waals surface area contributed by atoms with Crippen LogP contribution in [-0.2, 0) is 21.9 Å². The van der Waals surface area contributed by atoms with Crippen molar-refractivity contribution in [2.24, 2.45) is 12.5 Å². The number of carbonyl (C=O) groups is 1. The fourth-order valence-electron chi connectivity index (χ4n) is 3.25. The first-order valence-electron chi connectivity index (χ1n) is 7.16. The summed E-state index contributed by atoms with van der Waals surface area (Å²) in [4.78, 5) is 14.5. The number of nitrogens with zero attached hydrogens (tertiary/aromatic N) is 4. The highest BCUT2D eigenvalue weighted by molar-refractivity contribution is 7.89. The third-order valence-electron chi connectivity index (χ3n) is 4.59. The predicted octanol–water partition coefficient (Wildman–Crippen LogP) is 0.199. The molecule has 0 unspecified atom stereocenters. The van der Waals surface area contributed by atoms with Crippen LogP contribution in [0.3, 0.4) is 0 Å². The largest absolute Gasteiger partial charge is 0.309 e. The Balaban J connectivity index is 1.81. The Morgan fingerprint density at radius 3 is 2.67 bits per heavy atom. The van der Waals surface area contributed by atoms with E-state index in [-0.39, 0.29) is 11.7 Å². The molecule has 2 fully saturated rings. The SMILES string of the molecule is CCS(=O)(=O)N1CC[C@]2(CCN(c3cnn(C)c3)C2=O)C1. The van der Waals surface area contributed by atoms with Crippen LogP contribution in [0.25, 0.3) is 0 Å². The van der Waals surface area contributed by atoms with Gasteiger partial charge < -0.3 is 4.90 Å². The molecule has 0 saturated carbocycles. The molecule has 3 rings (SSSR count). The number of carbonyl (C=O) groups excluding carboxylic acids is 1. The lowest BCUT2D eigenvalue weighted by atomic mass is 9.86. The molecule has 0 aromatic carbocycles. The Morgan fingerprint density at radius 1 is 1.33 bits per heavy atom. The molecule has 0 N–H and O–H groups in total. The van der Waals surface area contributed by atoms with E-state index < -0.39 is 15.4 Å². The highest BCUT2D eigenvalue weighted by Gasteiger charge is 2.53. The molecule has 0 aliphatic carbocycles. The summed E-state index contributed by atoms with van der Waals surface area (Å²) in [5.41, 5.74) is 0.245. The van der Waals surface area contributed by atoms with Gasteiger partial charge in [-0.2, -0.15) is 5.10 Å². The number of anilines is 1. The lowest BCUT2D eigenvalue weighted by Crippen LogP contribution is -2.38. The highest BCUT2D eigenvalue weighted by atomic mass is 32.2. The van der Waals surface area contributed by atoms with Gasteiger partial charge in [-0.15, -0.1) is 0 Å². The summed E-state index contributed by atoms with van der Waals surface area (Å²) in [5, 5.41) is 4.09. The van der Waals surface area contributed by atoms with E-state index in [0.717, 1.165) is 5.69 Å². The molecular weight excluding hydrogens is 292 g/mol. The summed E-state index contributed by atoms with van der Waals surface area (Å²) >= 11 is 0. The molecule has 1 amide bonds. The second kappa shape index (κ2) is 4.81. The summed E-state index contributed by atoms with van der Waals surface area (Å²) < 4.78 is 27.1. The number of hydrogen-bond acceptors (Lipinski definition) is 4. The van der Waals surface area contributed by atoms with Crippen molar-refractivity contribution in [3.05, 3.63) is 12.4 Å². The molecule has 1 aromatic rings. The van der Waals surface area contributed by atoms with Gasteiger partial charge in [0.25, 0.3) is 0 Å². The molecule has 0 radical (unpaired) electrons. The van der Waals surface area contributed by atoms with Crippen molar-refractivity contribution in [2.75, 3.05) is 30.3 Å². The monoisotopic (exact) mass is 312 g/mol. The topological polar surface area (TPSA) is 75.5 Å². The van der Waals surface area contributed by atoms with Crippen LogP contribution in [0, 0.1) is 5.41 Å². The molecule has 0 bridgehead atoms. The van der Waals surface area contributed by atoms with Crippen molar-refractivity contribution in [1.29, 1.82) is 0 Å². The van der Waals surface area contributed by atoms with Crippen molar-refractivity contribution in [3.8, 4) is 0 Å². The van der Waals surface area contributed by atoms with Crippen LogP contribution in [0.2, 0.25) is 0 Å². The molecule has 3 heterocycles. The minimum Gasteiger partial charge on any atom is -0.309 e. The minimum atomic E-state index is -3.22. The number of hydrogen-bond donors (Lipinski definition) is 0. The standard InChI is InChI=1S/C13H20N4O3S/c1-3-21(19,20)16-6-4-13(10-16)5-7-17(12(13)18)11-8-14-15(2)9-11/h8-9H,3-7,10H2,1-2H3/t13-/m0/s1. The Bertz CT molecular complexity index is 669. The number of aryl methyl sites for hydroxylation is 1. The van der Waals surface area contributed by atoms with E-state index in [2.05, 4.69) is 5.10 Å². The van der Waals surface area contributed by atoms with Gasteiger partial charge in [0.2, 0.25) is 15.9 Å². The van der Waals surface area contributed by atoms with E-state index in [9.17, 15) is 13.2 Å². The Morgan fingerprint density at radius 2 is 2.05 bits per heavy atom. The van der Waals surface area contributed by atoms with Crippen molar-refractivity contribution >= 4 is 21.6 Å². The van der Waals surface area contributed by atoms with Gasteiger partial charge in [-0.25, -0.2) is 12.7 Å². The zero-order valence-electron chi connectivity index (χ0n) is 12.3. The van der Waals surface area contributed by atoms with Gasteiger partial charge >= 0.3 is 0 Å². The van der Waals surface area contributed by atoms with Crippen molar-refractivity contribution in [3.63, 3.8) is 0 Å². The lowest BCUT2D eigenvalue weighted by Gasteiger charge is -2.22. The van der Waals surface area contributed by atoms with Gasteiger partial charge in [0.15, 0.2) is 0 Å². The smallest absolute Gasteiger partial charge is 0.234 e. The third-order valence-corrected chi connectivity index (χ3v) is 6.42. The van der Waals surface area contributed by atoms with Crippen LogP contribution in [-0.4, -0.2) is 53.8 Å². The quantitative estimate of drug-likeness (QED) is 0.799. The third kappa shape index (κ3) is 2.26. The molecular formula is C13H20N4O3S. The maximum Gasteiger partial charge on any atom is 0.234 e. The number of sulfonamides is 1. The summed E-state index contributed by atoms with van der Waals surface area (Å²) in [5.74, 6) is 0.119. The van der Waals surface area contributed by atoms with Crippen LogP contribution in [0.15, 0.2) is 12.4 Å². The number of aromatic nitrogens is 2. The Kier molecular flexibility index (Phi) is 3.32. The molecule has 21 heavy (non-hydrogen) atoms. The number of rotatable bonds is 3. The van der Waals surface area contributed by atoms with Gasteiger partial charge in [-0.05, 0) is 19.8 Å². The van der Waals surface area contributed by atoms with Crippen LogP contribution in [0.4, 0.5) is 5.69 Å². The second-order valence-electron chi connectivity index (χ2n) is 5.84. The van der Waals surface area contributed by atoms with E-state index in [0.29, 0.717) is 32.5 Å². The van der Waals surface area contributed by atoms with E-state index in [1.807, 2.05) is 13.2 Å². The van der Waals surface area contributed by atoms with E-state index in [1.54, 1.807) is 22.7 Å². The molecule has 2 saturated heterocycles. The summed E-state index contributed by atoms with van der Waals surface area (Å²) in [6.07, 6.45) is 4.80. The van der Waals surface area contributed by atoms with Crippen LogP contribution in [0.5, 0.6) is 0 Å². The summed E-state index contributed by atoms with van der Waals surface area (Å²) in [6.45, 7) is 3.03. The van der Waals surface area contributed by atoms with Crippen molar-refractivity contribution < 1.29 is 13.2 Å². The second-order valence-corrected chi connectivity index (χ2v) is 8.10. The molecule has 1 aromatic heterocycles. The Labute approximate surface area is 124 Å². The zero-order valence-corrected chi connectivity index (χ0v) is 13.1. The maximum atomic E-state index is 12.8. The molecule has 116 valence electrons. The molecule has 2 aliphatic rings. The van der Waals surface area contributed by atoms with E-state index >= 15 is 0 Å². The van der Waals surface area contributed by atoms with E-state index in [4.69, 9.17) is 0 Å². The molecule has 7 nitrogen and oxygen atoms in total. The lowest BCUT2D eigenvalue weighted by molar-refractivity contribution is -0.124. The first-order valence-corrected chi connectivity index (χ1v) is 8.77. The van der Waals surface area contributed by atoms with Gasteiger partial charge in [0.1, 0.15) is 0 Å². The van der Waals surface area contributed by atoms with Crippen LogP contribution in [0.1, 0.15) is 19.8 Å². The predicted molar refractivity (Wildman–Crippen MR) is 78.3 cm³/mol. The fraction of sp³-hybridized carbons (Fsp3) is 0.692. The maximum absolute atomic E-state index is 12.8. The van der Waals surface area contributed by atoms with Gasteiger partial charge in [-0.1, -0.05) is 0 Å². The normalized spacial score (nSPS) is 27.1. The first kappa shape index (κ1) is 14.5. The molecule has 8 heteroatoms. The average molecular weight is 312 g/mol. The summed E-state index contributed by atoms with van der Waals surface area (Å²) in [6, 6.07) is 0. The van der Waals surface area contributed by atoms with Gasteiger partial charge in [0, 0.05) is 32.9 Å². The van der Waals surface area contributed by atoms with E-state index in [1.165, 1.54) is 4.31 Å². The average Bonchev–Trinajstić information content (AvgIpc) is 3.13. The Hall–Kier alpha value is -1.41. The van der Waals surface area contributed by atoms with Gasteiger partial charge in [-0.3, -0.25) is 9.48 Å². The fourth-order valence-corrected chi connectivity index (χ4v) is 4.43. The van der Waals surface area contributed by atoms with Gasteiger partial charge in [0.05, 0.1) is 23.1 Å². The molecule has 1 atom stereocenters. The van der Waals surface area contributed by atoms with Crippen molar-refractivity contribution in [1.82, 2.24) is 14.1 Å². The first-order chi connectivity index (χ1) is 9.88. The zero-order chi connectivity index (χ0) is 15.3. The van der Waals surface area contributed by atoms with Crippen LogP contribution < -0.4 is 4.90 Å².